The van der Waals surface area contributed by atoms with Crippen molar-refractivity contribution < 1.29 is 14.3 Å². The highest BCUT2D eigenvalue weighted by Crippen LogP contribution is 2.25. The van der Waals surface area contributed by atoms with Crippen molar-refractivity contribution in [3.8, 4) is 0 Å². The van der Waals surface area contributed by atoms with Gasteiger partial charge >= 0.3 is 5.97 Å². The lowest BCUT2D eigenvalue weighted by Crippen LogP contribution is -2.22. The maximum Gasteiger partial charge on any atom is 0.309 e. The van der Waals surface area contributed by atoms with Crippen LogP contribution in [0.3, 0.4) is 0 Å². The van der Waals surface area contributed by atoms with Crippen LogP contribution in [-0.4, -0.2) is 23.1 Å². The van der Waals surface area contributed by atoms with Gasteiger partial charge in [-0.3, -0.25) is 9.59 Å². The molecule has 1 aliphatic carbocycles. The summed E-state index contributed by atoms with van der Waals surface area (Å²) < 4.78 is 7.04. The van der Waals surface area contributed by atoms with Crippen LogP contribution in [-0.2, 0) is 20.9 Å². The predicted molar refractivity (Wildman–Crippen MR) is 96.1 cm³/mol. The highest BCUT2D eigenvalue weighted by molar-refractivity contribution is 7.07. The number of benzene rings is 1. The fourth-order valence-corrected chi connectivity index (χ4v) is 3.69. The number of carbonyl (C=O) groups is 2. The second-order valence-corrected chi connectivity index (χ2v) is 7.27. The van der Waals surface area contributed by atoms with E-state index < -0.39 is 5.91 Å². The highest BCUT2D eigenvalue weighted by atomic mass is 32.1. The first-order valence-corrected chi connectivity index (χ1v) is 9.43. The van der Waals surface area contributed by atoms with E-state index in [1.54, 1.807) is 0 Å². The summed E-state index contributed by atoms with van der Waals surface area (Å²) in [7, 11) is 0. The normalized spacial score (nSPS) is 15.5. The van der Waals surface area contributed by atoms with Gasteiger partial charge in [0, 0.05) is 18.1 Å². The Morgan fingerprint density at radius 2 is 1.96 bits per heavy atom. The highest BCUT2D eigenvalue weighted by Gasteiger charge is 2.24. The van der Waals surface area contributed by atoms with Crippen molar-refractivity contribution in [3.05, 3.63) is 51.8 Å². The van der Waals surface area contributed by atoms with Crippen LogP contribution < -0.4 is 4.80 Å². The minimum atomic E-state index is -0.425. The lowest BCUT2D eigenvalue weighted by Gasteiger charge is -2.07. The summed E-state index contributed by atoms with van der Waals surface area (Å²) >= 11 is 1.39. The minimum absolute atomic E-state index is 0.0407. The number of aromatic nitrogens is 1. The van der Waals surface area contributed by atoms with Crippen molar-refractivity contribution in [2.24, 2.45) is 10.9 Å². The van der Waals surface area contributed by atoms with Gasteiger partial charge in [-0.1, -0.05) is 42.7 Å². The van der Waals surface area contributed by atoms with Gasteiger partial charge in [-0.05, 0) is 25.3 Å². The molecule has 0 unspecified atom stereocenters. The largest absolute Gasteiger partial charge is 0.455 e. The SMILES string of the molecule is Cc1ccc(Cn2ccsc2=NC(=O)COC(=O)C2CCCC2)cc1. The third kappa shape index (κ3) is 4.89. The number of hydrogen-bond acceptors (Lipinski definition) is 4. The third-order valence-corrected chi connectivity index (χ3v) is 5.17. The van der Waals surface area contributed by atoms with Crippen molar-refractivity contribution in [3.63, 3.8) is 0 Å². The first kappa shape index (κ1) is 17.6. The summed E-state index contributed by atoms with van der Waals surface area (Å²) in [6.45, 7) is 2.42. The van der Waals surface area contributed by atoms with E-state index in [-0.39, 0.29) is 18.5 Å². The molecular weight excluding hydrogens is 336 g/mol. The maximum absolute atomic E-state index is 12.0. The molecule has 25 heavy (non-hydrogen) atoms. The summed E-state index contributed by atoms with van der Waals surface area (Å²) in [4.78, 5) is 28.6. The smallest absolute Gasteiger partial charge is 0.309 e. The van der Waals surface area contributed by atoms with Gasteiger partial charge in [-0.25, -0.2) is 0 Å². The Labute approximate surface area is 151 Å². The van der Waals surface area contributed by atoms with Gasteiger partial charge < -0.3 is 9.30 Å². The molecule has 6 heteroatoms. The second-order valence-electron chi connectivity index (χ2n) is 6.39. The number of thiazole rings is 1. The van der Waals surface area contributed by atoms with Gasteiger partial charge in [0.15, 0.2) is 11.4 Å². The van der Waals surface area contributed by atoms with Crippen LogP contribution in [0.15, 0.2) is 40.8 Å². The molecule has 0 radical (unpaired) electrons. The van der Waals surface area contributed by atoms with E-state index in [0.29, 0.717) is 11.3 Å². The van der Waals surface area contributed by atoms with Crippen molar-refractivity contribution in [2.45, 2.75) is 39.2 Å². The van der Waals surface area contributed by atoms with Gasteiger partial charge in [-0.2, -0.15) is 4.99 Å². The standard InChI is InChI=1S/C19H22N2O3S/c1-14-6-8-15(9-7-14)12-21-10-11-25-19(21)20-17(22)13-24-18(23)16-4-2-3-5-16/h6-11,16H,2-5,12-13H2,1H3. The number of amides is 1. The van der Waals surface area contributed by atoms with Crippen molar-refractivity contribution in [2.75, 3.05) is 6.61 Å². The van der Waals surface area contributed by atoms with Crippen molar-refractivity contribution in [1.82, 2.24) is 4.57 Å². The Morgan fingerprint density at radius 3 is 2.68 bits per heavy atom. The molecule has 132 valence electrons. The van der Waals surface area contributed by atoms with E-state index in [2.05, 4.69) is 29.3 Å². The minimum Gasteiger partial charge on any atom is -0.455 e. The monoisotopic (exact) mass is 358 g/mol. The number of hydrogen-bond donors (Lipinski definition) is 0. The molecule has 1 aromatic carbocycles. The van der Waals surface area contributed by atoms with Crippen LogP contribution in [0, 0.1) is 12.8 Å². The topological polar surface area (TPSA) is 60.7 Å². The third-order valence-electron chi connectivity index (χ3n) is 4.38. The molecule has 0 spiro atoms. The number of esters is 1. The van der Waals surface area contributed by atoms with Gasteiger partial charge in [0.1, 0.15) is 0 Å². The molecule has 0 aliphatic heterocycles. The number of rotatable bonds is 5. The maximum atomic E-state index is 12.0. The average molecular weight is 358 g/mol. The zero-order valence-electron chi connectivity index (χ0n) is 14.3. The zero-order chi connectivity index (χ0) is 17.6. The van der Waals surface area contributed by atoms with Crippen LogP contribution in [0.25, 0.3) is 0 Å². The molecule has 1 aromatic heterocycles. The zero-order valence-corrected chi connectivity index (χ0v) is 15.1. The number of carbonyl (C=O) groups excluding carboxylic acids is 2. The fourth-order valence-electron chi connectivity index (χ4n) is 2.95. The molecule has 1 amide bonds. The lowest BCUT2D eigenvalue weighted by atomic mass is 10.1. The molecular formula is C19H22N2O3S. The Balaban J connectivity index is 1.61. The predicted octanol–water partition coefficient (Wildman–Crippen LogP) is 3.07. The molecule has 0 saturated heterocycles. The number of nitrogens with zero attached hydrogens (tertiary/aromatic N) is 2. The molecule has 1 saturated carbocycles. The van der Waals surface area contributed by atoms with Crippen LogP contribution >= 0.6 is 11.3 Å². The molecule has 1 aliphatic rings. The molecule has 1 heterocycles. The summed E-state index contributed by atoms with van der Waals surface area (Å²) in [6.07, 6.45) is 5.76. The summed E-state index contributed by atoms with van der Waals surface area (Å²) in [5.41, 5.74) is 2.36. The van der Waals surface area contributed by atoms with E-state index in [0.717, 1.165) is 31.2 Å². The van der Waals surface area contributed by atoms with Crippen molar-refractivity contribution >= 4 is 23.2 Å². The van der Waals surface area contributed by atoms with E-state index >= 15 is 0 Å². The molecule has 1 fully saturated rings. The Bertz CT molecular complexity index is 799. The van der Waals surface area contributed by atoms with Gasteiger partial charge in [-0.15, -0.1) is 11.3 Å². The van der Waals surface area contributed by atoms with Gasteiger partial charge in [0.25, 0.3) is 5.91 Å². The Hall–Kier alpha value is -2.21. The second kappa shape index (κ2) is 8.25. The van der Waals surface area contributed by atoms with E-state index in [4.69, 9.17) is 4.74 Å². The van der Waals surface area contributed by atoms with Gasteiger partial charge in [0.05, 0.1) is 5.92 Å². The van der Waals surface area contributed by atoms with Crippen LogP contribution in [0.1, 0.15) is 36.8 Å². The summed E-state index contributed by atoms with van der Waals surface area (Å²) in [6, 6.07) is 8.25. The first-order valence-electron chi connectivity index (χ1n) is 8.55. The molecule has 2 aromatic rings. The molecule has 0 N–H and O–H groups in total. The number of ether oxygens (including phenoxy) is 1. The van der Waals surface area contributed by atoms with E-state index in [1.165, 1.54) is 16.9 Å². The van der Waals surface area contributed by atoms with Crippen LogP contribution in [0.4, 0.5) is 0 Å². The molecule has 3 rings (SSSR count). The first-order chi connectivity index (χ1) is 12.1. The fraction of sp³-hybridized carbons (Fsp3) is 0.421. The molecule has 0 atom stereocenters. The van der Waals surface area contributed by atoms with Crippen LogP contribution in [0.5, 0.6) is 0 Å². The van der Waals surface area contributed by atoms with Crippen molar-refractivity contribution in [1.29, 1.82) is 0 Å². The molecule has 0 bridgehead atoms. The average Bonchev–Trinajstić information content (AvgIpc) is 3.27. The summed E-state index contributed by atoms with van der Waals surface area (Å²) in [5.74, 6) is -0.729. The Morgan fingerprint density at radius 1 is 1.24 bits per heavy atom. The van der Waals surface area contributed by atoms with Crippen LogP contribution in [0.2, 0.25) is 0 Å². The summed E-state index contributed by atoms with van der Waals surface area (Å²) in [5, 5.41) is 1.89. The van der Waals surface area contributed by atoms with Gasteiger partial charge in [0.2, 0.25) is 0 Å². The quantitative estimate of drug-likeness (QED) is 0.772. The van der Waals surface area contributed by atoms with E-state index in [9.17, 15) is 9.59 Å². The lowest BCUT2D eigenvalue weighted by molar-refractivity contribution is -0.151. The Kier molecular flexibility index (Phi) is 5.81. The number of aryl methyl sites for hydroxylation is 1. The van der Waals surface area contributed by atoms with E-state index in [1.807, 2.05) is 23.1 Å². The molecule has 5 nitrogen and oxygen atoms in total.